The zero-order valence-electron chi connectivity index (χ0n) is 20.2. The molecule has 0 amide bonds. The average molecular weight is 483 g/mol. The van der Waals surface area contributed by atoms with Crippen LogP contribution in [0.4, 0.5) is 0 Å². The van der Waals surface area contributed by atoms with Crippen molar-refractivity contribution in [3.05, 3.63) is 110 Å². The molecule has 0 saturated heterocycles. The lowest BCUT2D eigenvalue weighted by atomic mass is 9.93. The van der Waals surface area contributed by atoms with Crippen molar-refractivity contribution in [3.63, 3.8) is 0 Å². The highest BCUT2D eigenvalue weighted by Gasteiger charge is 2.23. The summed E-state index contributed by atoms with van der Waals surface area (Å²) >= 11 is 0. The van der Waals surface area contributed by atoms with Crippen molar-refractivity contribution in [2.24, 2.45) is 0 Å². The van der Waals surface area contributed by atoms with Gasteiger partial charge in [0, 0.05) is 46.7 Å². The van der Waals surface area contributed by atoms with E-state index in [4.69, 9.17) is 0 Å². The first-order valence-corrected chi connectivity index (χ1v) is 12.7. The highest BCUT2D eigenvalue weighted by Crippen LogP contribution is 2.51. The van der Waals surface area contributed by atoms with Crippen molar-refractivity contribution >= 4 is 54.4 Å². The number of benzene rings is 4. The number of hydrogen-bond acceptors (Lipinski definition) is 4. The van der Waals surface area contributed by atoms with Crippen molar-refractivity contribution in [3.8, 4) is 33.4 Å². The standard InChI is InChI=1S/C34H18N4/c1-3-20-15-22(17-37-33(20)35-13-1)24-9-11-28-29-12-10-25(23-16-21-4-2-14-36-34(21)38-18-23)27-8-6-19-5-7-26(24)31(28)30(19)32(27)29/h1-18H. The number of fused-ring (bicyclic) bond motifs is 3. The van der Waals surface area contributed by atoms with Crippen molar-refractivity contribution in [1.29, 1.82) is 0 Å². The Hall–Kier alpha value is -5.22. The number of nitrogens with zero attached hydrogens (tertiary/aromatic N) is 4. The van der Waals surface area contributed by atoms with Crippen molar-refractivity contribution in [2.75, 3.05) is 0 Å². The second-order valence-corrected chi connectivity index (χ2v) is 9.94. The van der Waals surface area contributed by atoms with Gasteiger partial charge in [-0.15, -0.1) is 0 Å². The second kappa shape index (κ2) is 7.17. The van der Waals surface area contributed by atoms with Gasteiger partial charge in [-0.2, -0.15) is 0 Å². The maximum absolute atomic E-state index is 4.64. The van der Waals surface area contributed by atoms with E-state index in [0.717, 1.165) is 33.2 Å². The van der Waals surface area contributed by atoms with Crippen molar-refractivity contribution < 1.29 is 0 Å². The largest absolute Gasteiger partial charge is 0.237 e. The molecule has 4 heteroatoms. The third kappa shape index (κ3) is 2.58. The molecular weight excluding hydrogens is 464 g/mol. The zero-order chi connectivity index (χ0) is 24.8. The Morgan fingerprint density at radius 3 is 1.42 bits per heavy atom. The summed E-state index contributed by atoms with van der Waals surface area (Å²) in [4.78, 5) is 18.1. The van der Waals surface area contributed by atoms with Gasteiger partial charge in [0.1, 0.15) is 0 Å². The number of hydrogen-bond donors (Lipinski definition) is 0. The monoisotopic (exact) mass is 482 g/mol. The molecule has 0 aliphatic heterocycles. The van der Waals surface area contributed by atoms with Crippen LogP contribution >= 0.6 is 0 Å². The fraction of sp³-hybridized carbons (Fsp3) is 0. The topological polar surface area (TPSA) is 51.6 Å². The van der Waals surface area contributed by atoms with E-state index in [-0.39, 0.29) is 0 Å². The van der Waals surface area contributed by atoms with Gasteiger partial charge in [0.2, 0.25) is 0 Å². The Morgan fingerprint density at radius 1 is 0.395 bits per heavy atom. The van der Waals surface area contributed by atoms with E-state index >= 15 is 0 Å². The smallest absolute Gasteiger partial charge is 0.159 e. The van der Waals surface area contributed by atoms with Crippen LogP contribution in [-0.2, 0) is 0 Å². The van der Waals surface area contributed by atoms with Crippen LogP contribution in [0.2, 0.25) is 0 Å². The lowest BCUT2D eigenvalue weighted by molar-refractivity contribution is 1.29. The molecule has 0 atom stereocenters. The molecule has 4 aromatic carbocycles. The predicted octanol–water partition coefficient (Wildman–Crippen LogP) is 8.35. The number of aromatic nitrogens is 4. The van der Waals surface area contributed by atoms with Crippen LogP contribution in [-0.4, -0.2) is 19.9 Å². The first-order chi connectivity index (χ1) is 18.8. The van der Waals surface area contributed by atoms with Crippen LogP contribution in [0.3, 0.4) is 0 Å². The Balaban J connectivity index is 1.33. The van der Waals surface area contributed by atoms with Crippen LogP contribution in [0.25, 0.3) is 87.8 Å². The van der Waals surface area contributed by atoms with Gasteiger partial charge in [0.15, 0.2) is 11.3 Å². The normalized spacial score (nSPS) is 12.2. The van der Waals surface area contributed by atoms with Crippen molar-refractivity contribution in [2.45, 2.75) is 0 Å². The van der Waals surface area contributed by atoms with Crippen molar-refractivity contribution in [1.82, 2.24) is 19.9 Å². The Morgan fingerprint density at radius 2 is 0.895 bits per heavy atom. The van der Waals surface area contributed by atoms with Crippen LogP contribution in [0, 0.1) is 0 Å². The van der Waals surface area contributed by atoms with Crippen LogP contribution in [0.1, 0.15) is 0 Å². The first-order valence-electron chi connectivity index (χ1n) is 12.7. The molecule has 0 radical (unpaired) electrons. The molecule has 0 spiro atoms. The van der Waals surface area contributed by atoms with E-state index in [9.17, 15) is 0 Å². The molecule has 0 saturated carbocycles. The summed E-state index contributed by atoms with van der Waals surface area (Å²) in [5.74, 6) is 0. The van der Waals surface area contributed by atoms with E-state index in [1.165, 1.54) is 54.6 Å². The van der Waals surface area contributed by atoms with Gasteiger partial charge in [-0.3, -0.25) is 0 Å². The third-order valence-corrected chi connectivity index (χ3v) is 7.96. The summed E-state index contributed by atoms with van der Waals surface area (Å²) in [6.45, 7) is 0. The number of pyridine rings is 4. The quantitative estimate of drug-likeness (QED) is 0.232. The van der Waals surface area contributed by atoms with E-state index in [2.05, 4.69) is 92.7 Å². The third-order valence-electron chi connectivity index (χ3n) is 7.96. The summed E-state index contributed by atoms with van der Waals surface area (Å²) < 4.78 is 0. The molecule has 4 heterocycles. The molecule has 174 valence electrons. The molecule has 4 nitrogen and oxygen atoms in total. The van der Waals surface area contributed by atoms with E-state index in [1.54, 1.807) is 12.4 Å². The Labute approximate surface area is 217 Å². The van der Waals surface area contributed by atoms with E-state index in [0.29, 0.717) is 0 Å². The minimum absolute atomic E-state index is 0.771. The van der Waals surface area contributed by atoms with Gasteiger partial charge in [0.25, 0.3) is 0 Å². The van der Waals surface area contributed by atoms with E-state index < -0.39 is 0 Å². The van der Waals surface area contributed by atoms with Gasteiger partial charge in [0.05, 0.1) is 0 Å². The second-order valence-electron chi connectivity index (χ2n) is 9.94. The molecule has 38 heavy (non-hydrogen) atoms. The highest BCUT2D eigenvalue weighted by atomic mass is 14.8. The summed E-state index contributed by atoms with van der Waals surface area (Å²) in [6, 6.07) is 30.5. The number of rotatable bonds is 2. The van der Waals surface area contributed by atoms with Crippen LogP contribution in [0.15, 0.2) is 110 Å². The molecule has 0 unspecified atom stereocenters. The minimum Gasteiger partial charge on any atom is -0.237 e. The summed E-state index contributed by atoms with van der Waals surface area (Å²) in [5.41, 5.74) is 8.74. The maximum atomic E-state index is 4.64. The van der Waals surface area contributed by atoms with Gasteiger partial charge in [-0.1, -0.05) is 48.5 Å². The Kier molecular flexibility index (Phi) is 3.76. The summed E-state index contributed by atoms with van der Waals surface area (Å²) in [7, 11) is 0. The van der Waals surface area contributed by atoms with Gasteiger partial charge in [-0.25, -0.2) is 19.9 Å². The summed E-state index contributed by atoms with van der Waals surface area (Å²) in [5, 5.41) is 9.85. The molecule has 1 aliphatic rings. The molecule has 8 aromatic rings. The lowest BCUT2D eigenvalue weighted by Crippen LogP contribution is -1.87. The molecule has 9 rings (SSSR count). The molecule has 1 aliphatic carbocycles. The first kappa shape index (κ1) is 19.9. The average Bonchev–Trinajstić information content (AvgIpc) is 3.33. The molecule has 0 fully saturated rings. The highest BCUT2D eigenvalue weighted by molar-refractivity contribution is 6.35. The Bertz CT molecular complexity index is 2140. The van der Waals surface area contributed by atoms with Gasteiger partial charge >= 0.3 is 0 Å². The molecule has 0 N–H and O–H groups in total. The minimum atomic E-state index is 0.771. The van der Waals surface area contributed by atoms with Crippen LogP contribution in [0.5, 0.6) is 0 Å². The van der Waals surface area contributed by atoms with Gasteiger partial charge in [-0.05, 0) is 91.0 Å². The van der Waals surface area contributed by atoms with E-state index in [1.807, 2.05) is 24.5 Å². The molecule has 4 aromatic heterocycles. The van der Waals surface area contributed by atoms with Crippen LogP contribution < -0.4 is 0 Å². The SMILES string of the molecule is c1cnc2ncc(-c3ccc4c5c3ccc3ccc6c(-c7cnc8ncccc8c7)ccc-4c6c35)cc2c1. The maximum Gasteiger partial charge on any atom is 0.159 e. The predicted molar refractivity (Wildman–Crippen MR) is 155 cm³/mol. The molecular formula is C34H18N4. The zero-order valence-corrected chi connectivity index (χ0v) is 20.2. The fourth-order valence-electron chi connectivity index (χ4n) is 6.28. The van der Waals surface area contributed by atoms with Gasteiger partial charge < -0.3 is 0 Å². The lowest BCUT2D eigenvalue weighted by Gasteiger charge is -2.11. The fourth-order valence-corrected chi connectivity index (χ4v) is 6.28. The molecule has 0 bridgehead atoms. The summed E-state index contributed by atoms with van der Waals surface area (Å²) in [6.07, 6.45) is 7.46.